The topological polar surface area (TPSA) is 41.5 Å². The van der Waals surface area contributed by atoms with E-state index in [9.17, 15) is 4.79 Å². The van der Waals surface area contributed by atoms with Crippen LogP contribution in [0, 0.1) is 12.8 Å². The van der Waals surface area contributed by atoms with Crippen LogP contribution in [0.2, 0.25) is 5.02 Å². The van der Waals surface area contributed by atoms with Crippen molar-refractivity contribution in [3.8, 4) is 0 Å². The summed E-state index contributed by atoms with van der Waals surface area (Å²) in [6, 6.07) is 6.00. The van der Waals surface area contributed by atoms with Crippen LogP contribution >= 0.6 is 22.9 Å². The van der Waals surface area contributed by atoms with Crippen LogP contribution in [-0.2, 0) is 0 Å². The molecule has 3 rings (SSSR count). The zero-order valence-electron chi connectivity index (χ0n) is 12.3. The Hall–Kier alpha value is -1.65. The zero-order chi connectivity index (χ0) is 15.5. The molecule has 0 bridgehead atoms. The van der Waals surface area contributed by atoms with Gasteiger partial charge < -0.3 is 0 Å². The molecule has 1 aromatic heterocycles. The maximum atomic E-state index is 12.2. The Morgan fingerprint density at radius 1 is 1.45 bits per heavy atom. The molecule has 5 heteroatoms. The highest BCUT2D eigenvalue weighted by Crippen LogP contribution is 2.35. The molecule has 0 saturated heterocycles. The van der Waals surface area contributed by atoms with E-state index in [2.05, 4.69) is 22.7 Å². The van der Waals surface area contributed by atoms with E-state index < -0.39 is 0 Å². The molecular weight excluding hydrogens is 316 g/mol. The van der Waals surface area contributed by atoms with Crippen molar-refractivity contribution < 1.29 is 4.79 Å². The quantitative estimate of drug-likeness (QED) is 0.483. The second-order valence-corrected chi connectivity index (χ2v) is 6.94. The lowest BCUT2D eigenvalue weighted by Crippen LogP contribution is -2.18. The number of hydrogen-bond acceptors (Lipinski definition) is 3. The fourth-order valence-corrected chi connectivity index (χ4v) is 4.03. The van der Waals surface area contributed by atoms with E-state index >= 15 is 0 Å². The number of amides is 1. The lowest BCUT2D eigenvalue weighted by Gasteiger charge is -2.11. The number of nitrogens with zero attached hydrogens (tertiary/aromatic N) is 1. The summed E-state index contributed by atoms with van der Waals surface area (Å²) in [7, 11) is 0. The summed E-state index contributed by atoms with van der Waals surface area (Å²) in [5.41, 5.74) is 3.75. The van der Waals surface area contributed by atoms with Crippen molar-refractivity contribution >= 4 is 45.1 Å². The summed E-state index contributed by atoms with van der Waals surface area (Å²) in [5, 5.41) is 5.52. The van der Waals surface area contributed by atoms with E-state index in [0.717, 1.165) is 34.9 Å². The van der Waals surface area contributed by atoms with E-state index in [4.69, 9.17) is 11.6 Å². The van der Waals surface area contributed by atoms with Crippen molar-refractivity contribution in [2.45, 2.75) is 26.2 Å². The van der Waals surface area contributed by atoms with Crippen molar-refractivity contribution in [3.05, 3.63) is 45.8 Å². The molecule has 0 spiro atoms. The molecule has 0 saturated carbocycles. The van der Waals surface area contributed by atoms with Gasteiger partial charge in [-0.25, -0.2) is 5.43 Å². The van der Waals surface area contributed by atoms with Gasteiger partial charge in [-0.15, -0.1) is 11.3 Å². The van der Waals surface area contributed by atoms with E-state index in [0.29, 0.717) is 15.8 Å². The number of carbonyl (C=O) groups excluding carboxylic acids is 1. The SMILES string of the molecule is Cc1ccc2c(Cl)c(C(=O)N/N=C\[C@@H]3CC=CCC3)sc2c1. The third-order valence-electron chi connectivity index (χ3n) is 3.75. The van der Waals surface area contributed by atoms with Crippen molar-refractivity contribution in [1.29, 1.82) is 0 Å². The maximum Gasteiger partial charge on any atom is 0.282 e. The van der Waals surface area contributed by atoms with Gasteiger partial charge in [-0.3, -0.25) is 4.79 Å². The Morgan fingerprint density at radius 3 is 3.09 bits per heavy atom. The van der Waals surface area contributed by atoms with Gasteiger partial charge in [0.15, 0.2) is 0 Å². The standard InChI is InChI=1S/C17H17ClN2OS/c1-11-7-8-13-14(9-11)22-16(15(13)18)17(21)20-19-10-12-5-3-2-4-6-12/h2-3,7-10,12H,4-6H2,1H3,(H,20,21)/b19-10-/t12-/m1/s1. The van der Waals surface area contributed by atoms with Crippen LogP contribution in [0.4, 0.5) is 0 Å². The second kappa shape index (κ2) is 6.63. The first kappa shape index (κ1) is 15.3. The van der Waals surface area contributed by atoms with E-state index in [1.54, 1.807) is 0 Å². The first-order valence-electron chi connectivity index (χ1n) is 7.32. The molecule has 2 aromatic rings. The van der Waals surface area contributed by atoms with Gasteiger partial charge in [-0.05, 0) is 43.7 Å². The van der Waals surface area contributed by atoms with Crippen LogP contribution in [0.25, 0.3) is 10.1 Å². The number of allylic oxidation sites excluding steroid dienone is 2. The molecule has 1 aliphatic rings. The lowest BCUT2D eigenvalue weighted by atomic mass is 9.96. The van der Waals surface area contributed by atoms with E-state index in [-0.39, 0.29) is 5.91 Å². The van der Waals surface area contributed by atoms with Crippen molar-refractivity contribution in [3.63, 3.8) is 0 Å². The van der Waals surface area contributed by atoms with Crippen LogP contribution in [0.1, 0.15) is 34.5 Å². The first-order valence-corrected chi connectivity index (χ1v) is 8.52. The van der Waals surface area contributed by atoms with Crippen LogP contribution in [0.5, 0.6) is 0 Å². The van der Waals surface area contributed by atoms with Crippen LogP contribution in [0.15, 0.2) is 35.5 Å². The molecule has 1 heterocycles. The van der Waals surface area contributed by atoms with Crippen LogP contribution < -0.4 is 5.43 Å². The number of benzene rings is 1. The number of thiophene rings is 1. The highest BCUT2D eigenvalue weighted by atomic mass is 35.5. The van der Waals surface area contributed by atoms with Crippen molar-refractivity contribution in [2.75, 3.05) is 0 Å². The number of hydrogen-bond donors (Lipinski definition) is 1. The van der Waals surface area contributed by atoms with Crippen LogP contribution in [0.3, 0.4) is 0 Å². The highest BCUT2D eigenvalue weighted by molar-refractivity contribution is 7.21. The normalized spacial score (nSPS) is 18.2. The summed E-state index contributed by atoms with van der Waals surface area (Å²) in [6.45, 7) is 2.02. The fraction of sp³-hybridized carbons (Fsp3) is 0.294. The predicted molar refractivity (Wildman–Crippen MR) is 94.0 cm³/mol. The van der Waals surface area contributed by atoms with Gasteiger partial charge >= 0.3 is 0 Å². The molecule has 1 amide bonds. The third-order valence-corrected chi connectivity index (χ3v) is 5.41. The summed E-state index contributed by atoms with van der Waals surface area (Å²) in [5.74, 6) is 0.164. The minimum Gasteiger partial charge on any atom is -0.266 e. The Kier molecular flexibility index (Phi) is 4.60. The number of halogens is 1. The molecule has 0 aliphatic heterocycles. The Labute approximate surface area is 138 Å². The molecule has 3 nitrogen and oxygen atoms in total. The van der Waals surface area contributed by atoms with Gasteiger partial charge in [0.2, 0.25) is 0 Å². The Bertz CT molecular complexity index is 763. The van der Waals surface area contributed by atoms with Gasteiger partial charge in [0.25, 0.3) is 5.91 Å². The van der Waals surface area contributed by atoms with Gasteiger partial charge in [0.05, 0.1) is 5.02 Å². The molecular formula is C17H17ClN2OS. The smallest absolute Gasteiger partial charge is 0.266 e. The Morgan fingerprint density at radius 2 is 2.32 bits per heavy atom. The minimum atomic E-state index is -0.244. The molecule has 114 valence electrons. The van der Waals surface area contributed by atoms with E-state index in [1.165, 1.54) is 11.3 Å². The fourth-order valence-electron chi connectivity index (χ4n) is 2.52. The molecule has 1 aliphatic carbocycles. The Balaban J connectivity index is 1.73. The summed E-state index contributed by atoms with van der Waals surface area (Å²) >= 11 is 7.72. The second-order valence-electron chi connectivity index (χ2n) is 5.51. The van der Waals surface area contributed by atoms with Gasteiger partial charge in [0, 0.05) is 16.3 Å². The number of rotatable bonds is 3. The monoisotopic (exact) mass is 332 g/mol. The third kappa shape index (κ3) is 3.23. The van der Waals surface area contributed by atoms with Crippen LogP contribution in [-0.4, -0.2) is 12.1 Å². The number of fused-ring (bicyclic) bond motifs is 1. The number of aryl methyl sites for hydroxylation is 1. The number of carbonyl (C=O) groups is 1. The lowest BCUT2D eigenvalue weighted by molar-refractivity contribution is 0.0959. The molecule has 22 heavy (non-hydrogen) atoms. The van der Waals surface area contributed by atoms with Gasteiger partial charge in [-0.2, -0.15) is 5.10 Å². The van der Waals surface area contributed by atoms with Gasteiger partial charge in [-0.1, -0.05) is 35.9 Å². The van der Waals surface area contributed by atoms with Gasteiger partial charge in [0.1, 0.15) is 4.88 Å². The minimum absolute atomic E-state index is 0.244. The van der Waals surface area contributed by atoms with Crippen molar-refractivity contribution in [1.82, 2.24) is 5.43 Å². The summed E-state index contributed by atoms with van der Waals surface area (Å²) in [4.78, 5) is 12.8. The zero-order valence-corrected chi connectivity index (χ0v) is 13.9. The van der Waals surface area contributed by atoms with E-state index in [1.807, 2.05) is 31.3 Å². The molecule has 1 aromatic carbocycles. The largest absolute Gasteiger partial charge is 0.282 e. The molecule has 0 radical (unpaired) electrons. The highest BCUT2D eigenvalue weighted by Gasteiger charge is 2.17. The summed E-state index contributed by atoms with van der Waals surface area (Å²) in [6.07, 6.45) is 9.31. The molecule has 1 atom stereocenters. The molecule has 0 unspecified atom stereocenters. The van der Waals surface area contributed by atoms with Crippen molar-refractivity contribution in [2.24, 2.45) is 11.0 Å². The summed E-state index contributed by atoms with van der Waals surface area (Å²) < 4.78 is 1.02. The first-order chi connectivity index (χ1) is 10.6. The maximum absolute atomic E-state index is 12.2. The number of hydrazone groups is 1. The molecule has 1 N–H and O–H groups in total. The molecule has 0 fully saturated rings. The predicted octanol–water partition coefficient (Wildman–Crippen LogP) is 4.94. The average molecular weight is 333 g/mol. The average Bonchev–Trinajstić information content (AvgIpc) is 2.84. The number of nitrogens with one attached hydrogen (secondary N) is 1.